The monoisotopic (exact) mass is 568 g/mol. The maximum Gasteiger partial charge on any atom is 0.268 e. The normalized spacial score (nSPS) is 19.5. The van der Waals surface area contributed by atoms with E-state index in [0.29, 0.717) is 22.9 Å². The van der Waals surface area contributed by atoms with E-state index in [2.05, 4.69) is 20.2 Å². The largest absolute Gasteiger partial charge is 0.365 e. The summed E-state index contributed by atoms with van der Waals surface area (Å²) in [7, 11) is -4.45. The molecule has 9 nitrogen and oxygen atoms in total. The van der Waals surface area contributed by atoms with Crippen molar-refractivity contribution in [2.24, 2.45) is 0 Å². The number of anilines is 2. The summed E-state index contributed by atoms with van der Waals surface area (Å²) in [6, 6.07) is 9.55. The topological polar surface area (TPSA) is 98.7 Å². The van der Waals surface area contributed by atoms with Crippen LogP contribution in [0, 0.1) is 11.6 Å². The Balaban J connectivity index is 1.24. The zero-order valence-electron chi connectivity index (χ0n) is 21.9. The van der Waals surface area contributed by atoms with E-state index in [-0.39, 0.29) is 36.7 Å². The highest BCUT2D eigenvalue weighted by molar-refractivity contribution is 7.92. The zero-order chi connectivity index (χ0) is 27.9. The highest BCUT2D eigenvalue weighted by Crippen LogP contribution is 2.33. The molecule has 210 valence electrons. The number of amides is 1. The van der Waals surface area contributed by atoms with Crippen molar-refractivity contribution in [3.8, 4) is 11.3 Å². The number of sulfonamides is 1. The molecule has 1 atom stereocenters. The number of carbonyl (C=O) groups excluding carboxylic acids is 1. The lowest BCUT2D eigenvalue weighted by Gasteiger charge is -2.29. The van der Waals surface area contributed by atoms with Gasteiger partial charge in [-0.15, -0.1) is 0 Å². The molecule has 3 aliphatic rings. The minimum Gasteiger partial charge on any atom is -0.365 e. The highest BCUT2D eigenvalue weighted by atomic mass is 32.2. The Morgan fingerprint density at radius 3 is 2.55 bits per heavy atom. The first-order valence-corrected chi connectivity index (χ1v) is 15.0. The molecule has 3 aliphatic heterocycles. The molecule has 1 amide bonds. The number of likely N-dealkylation sites (tertiary alicyclic amines) is 2. The lowest BCUT2D eigenvalue weighted by Crippen LogP contribution is -2.42. The van der Waals surface area contributed by atoms with Gasteiger partial charge in [0, 0.05) is 36.8 Å². The molecule has 12 heteroatoms. The molecule has 0 bridgehead atoms. The third-order valence-corrected chi connectivity index (χ3v) is 9.60. The molecule has 1 aromatic heterocycles. The summed E-state index contributed by atoms with van der Waals surface area (Å²) >= 11 is 0. The van der Waals surface area contributed by atoms with Crippen LogP contribution >= 0.6 is 0 Å². The number of hydrogen-bond donors (Lipinski definition) is 1. The van der Waals surface area contributed by atoms with E-state index < -0.39 is 26.6 Å². The van der Waals surface area contributed by atoms with Crippen molar-refractivity contribution in [3.05, 3.63) is 65.9 Å². The smallest absolute Gasteiger partial charge is 0.268 e. The number of rotatable bonds is 6. The van der Waals surface area contributed by atoms with Crippen molar-refractivity contribution >= 4 is 27.6 Å². The lowest BCUT2D eigenvalue weighted by molar-refractivity contribution is 0.0709. The maximum atomic E-state index is 14.4. The Bertz CT molecular complexity index is 1530. The van der Waals surface area contributed by atoms with Crippen molar-refractivity contribution in [1.29, 1.82) is 0 Å². The van der Waals surface area contributed by atoms with Crippen molar-refractivity contribution < 1.29 is 22.0 Å². The van der Waals surface area contributed by atoms with Crippen LogP contribution in [-0.4, -0.2) is 79.4 Å². The number of nitrogens with zero attached hydrogens (tertiary/aromatic N) is 5. The summed E-state index contributed by atoms with van der Waals surface area (Å²) in [6.07, 6.45) is 5.95. The van der Waals surface area contributed by atoms with Crippen LogP contribution in [0.15, 0.2) is 53.6 Å². The Morgan fingerprint density at radius 1 is 1.00 bits per heavy atom. The van der Waals surface area contributed by atoms with Gasteiger partial charge in [-0.3, -0.25) is 4.79 Å². The molecule has 3 aromatic rings. The molecule has 0 radical (unpaired) electrons. The average Bonchev–Trinajstić information content (AvgIpc) is 3.66. The summed E-state index contributed by atoms with van der Waals surface area (Å²) in [5, 5.41) is 3.00. The van der Waals surface area contributed by atoms with E-state index in [1.54, 1.807) is 24.3 Å². The molecule has 40 heavy (non-hydrogen) atoms. The minimum atomic E-state index is -4.45. The number of aromatic nitrogens is 2. The molecule has 2 saturated heterocycles. The van der Waals surface area contributed by atoms with Gasteiger partial charge < -0.3 is 15.1 Å². The second-order valence-electron chi connectivity index (χ2n) is 10.4. The van der Waals surface area contributed by atoms with E-state index in [1.165, 1.54) is 19.0 Å². The number of halogens is 2. The van der Waals surface area contributed by atoms with Gasteiger partial charge in [-0.05, 0) is 69.1 Å². The van der Waals surface area contributed by atoms with Gasteiger partial charge >= 0.3 is 0 Å². The van der Waals surface area contributed by atoms with Crippen LogP contribution in [0.25, 0.3) is 11.3 Å². The van der Waals surface area contributed by atoms with Crippen LogP contribution in [0.4, 0.5) is 20.4 Å². The molecule has 0 unspecified atom stereocenters. The van der Waals surface area contributed by atoms with E-state index in [0.717, 1.165) is 55.5 Å². The van der Waals surface area contributed by atoms with Gasteiger partial charge in [-0.1, -0.05) is 12.1 Å². The first-order chi connectivity index (χ1) is 19.3. The Hall–Kier alpha value is -3.64. The highest BCUT2D eigenvalue weighted by Gasteiger charge is 2.34. The molecule has 2 fully saturated rings. The Kier molecular flexibility index (Phi) is 7.13. The predicted octanol–water partition coefficient (Wildman–Crippen LogP) is 3.74. The average molecular weight is 569 g/mol. The minimum absolute atomic E-state index is 0.00311. The van der Waals surface area contributed by atoms with Crippen molar-refractivity contribution in [3.63, 3.8) is 0 Å². The van der Waals surface area contributed by atoms with Crippen molar-refractivity contribution in [1.82, 2.24) is 19.8 Å². The first-order valence-electron chi connectivity index (χ1n) is 13.5. The fraction of sp³-hybridized carbons (Fsp3) is 0.393. The number of fused-ring (bicyclic) bond motifs is 1. The molecular weight excluding hydrogens is 538 g/mol. The summed E-state index contributed by atoms with van der Waals surface area (Å²) < 4.78 is 55.8. The molecule has 0 spiro atoms. The van der Waals surface area contributed by atoms with Gasteiger partial charge in [0.15, 0.2) is 11.6 Å². The van der Waals surface area contributed by atoms with Crippen LogP contribution in [-0.2, 0) is 10.0 Å². The fourth-order valence-corrected chi connectivity index (χ4v) is 7.23. The molecule has 4 heterocycles. The summed E-state index contributed by atoms with van der Waals surface area (Å²) in [4.78, 5) is 25.9. The van der Waals surface area contributed by atoms with Crippen LogP contribution in [0.1, 0.15) is 36.0 Å². The Labute approximate surface area is 231 Å². The molecule has 6 rings (SSSR count). The SMILES string of the molecule is O=C(c1ccc(-c2cnc3c(n2)N(S(=O)(=O)c2cc(F)ccc2F)CCN3)cc1)N1CCC[C@H]1CN1CCCC1. The quantitative estimate of drug-likeness (QED) is 0.484. The van der Waals surface area contributed by atoms with Crippen LogP contribution in [0.3, 0.4) is 0 Å². The van der Waals surface area contributed by atoms with Gasteiger partial charge in [-0.25, -0.2) is 31.5 Å². The maximum absolute atomic E-state index is 14.4. The van der Waals surface area contributed by atoms with Crippen molar-refractivity contribution in [2.45, 2.75) is 36.6 Å². The second kappa shape index (κ2) is 10.7. The first kappa shape index (κ1) is 26.6. The predicted molar refractivity (Wildman–Crippen MR) is 147 cm³/mol. The molecule has 1 N–H and O–H groups in total. The number of benzene rings is 2. The van der Waals surface area contributed by atoms with E-state index >= 15 is 0 Å². The summed E-state index contributed by atoms with van der Waals surface area (Å²) in [5.74, 6) is -1.69. The number of carbonyl (C=O) groups is 1. The third-order valence-electron chi connectivity index (χ3n) is 7.79. The van der Waals surface area contributed by atoms with E-state index in [1.807, 2.05) is 4.90 Å². The van der Waals surface area contributed by atoms with Crippen molar-refractivity contribution in [2.75, 3.05) is 48.9 Å². The van der Waals surface area contributed by atoms with Gasteiger partial charge in [0.1, 0.15) is 16.5 Å². The molecular formula is C28H30F2N6O3S. The number of hydrogen-bond acceptors (Lipinski definition) is 7. The van der Waals surface area contributed by atoms with Crippen LogP contribution in [0.5, 0.6) is 0 Å². The molecule has 0 saturated carbocycles. The van der Waals surface area contributed by atoms with E-state index in [4.69, 9.17) is 0 Å². The Morgan fingerprint density at radius 2 is 1.77 bits per heavy atom. The van der Waals surface area contributed by atoms with E-state index in [9.17, 15) is 22.0 Å². The zero-order valence-corrected chi connectivity index (χ0v) is 22.7. The lowest BCUT2D eigenvalue weighted by atomic mass is 10.1. The van der Waals surface area contributed by atoms with Crippen LogP contribution < -0.4 is 9.62 Å². The standard InChI is InChI=1S/C28H30F2N6O3S/c29-21-9-10-23(30)25(16-21)40(38,39)36-15-11-31-26-27(36)33-24(17-32-26)19-5-7-20(8-6-19)28(37)35-14-3-4-22(35)18-34-12-1-2-13-34/h5-10,16-17,22H,1-4,11-15,18H2,(H,31,32)/t22-/m0/s1. The fourth-order valence-electron chi connectivity index (χ4n) is 5.73. The summed E-state index contributed by atoms with van der Waals surface area (Å²) in [5.41, 5.74) is 1.60. The van der Waals surface area contributed by atoms with Gasteiger partial charge in [0.2, 0.25) is 0 Å². The third kappa shape index (κ3) is 5.01. The number of nitrogens with one attached hydrogen (secondary N) is 1. The molecule has 0 aliphatic carbocycles. The van der Waals surface area contributed by atoms with Crippen LogP contribution in [0.2, 0.25) is 0 Å². The summed E-state index contributed by atoms with van der Waals surface area (Å²) in [6.45, 7) is 4.05. The van der Waals surface area contributed by atoms with Gasteiger partial charge in [-0.2, -0.15) is 0 Å². The second-order valence-corrected chi connectivity index (χ2v) is 12.2. The van der Waals surface area contributed by atoms with Gasteiger partial charge in [0.05, 0.1) is 18.4 Å². The van der Waals surface area contributed by atoms with Gasteiger partial charge in [0.25, 0.3) is 15.9 Å². The molecule has 2 aromatic carbocycles.